The number of anilines is 1. The zero-order valence-corrected chi connectivity index (χ0v) is 19.3. The van der Waals surface area contributed by atoms with E-state index in [0.717, 1.165) is 38.6 Å². The van der Waals surface area contributed by atoms with E-state index in [4.69, 9.17) is 9.72 Å². The third kappa shape index (κ3) is 5.15. The van der Waals surface area contributed by atoms with Gasteiger partial charge in [-0.25, -0.2) is 14.4 Å². The molecule has 1 aromatic carbocycles. The number of carbonyl (C=O) groups is 2. The number of esters is 1. The smallest absolute Gasteiger partial charge is 0.310 e. The van der Waals surface area contributed by atoms with Crippen LogP contribution < -0.4 is 4.90 Å². The van der Waals surface area contributed by atoms with Crippen LogP contribution in [0, 0.1) is 11.7 Å². The summed E-state index contributed by atoms with van der Waals surface area (Å²) in [6.45, 7) is 6.00. The van der Waals surface area contributed by atoms with E-state index in [1.165, 1.54) is 12.1 Å². The normalized spacial score (nSPS) is 21.1. The summed E-state index contributed by atoms with van der Waals surface area (Å²) >= 11 is 0. The number of hydrogen-bond acceptors (Lipinski definition) is 6. The number of aromatic nitrogens is 2. The number of amides is 1. The van der Waals surface area contributed by atoms with Crippen LogP contribution in [0.1, 0.15) is 56.3 Å². The van der Waals surface area contributed by atoms with Crippen molar-refractivity contribution in [2.45, 2.75) is 52.0 Å². The molecule has 2 saturated heterocycles. The van der Waals surface area contributed by atoms with E-state index in [2.05, 4.69) is 16.8 Å². The quantitative estimate of drug-likeness (QED) is 0.634. The molecule has 33 heavy (non-hydrogen) atoms. The number of piperidine rings is 2. The first-order valence-corrected chi connectivity index (χ1v) is 11.8. The lowest BCUT2D eigenvalue weighted by Gasteiger charge is -2.37. The standard InChI is InChI=1S/C25H31FN4O3/c1-3-33-25(32)19-8-6-13-29(16-19)24(31)21-15-27-22(18-9-11-20(26)12-10-18)28-23(21)30-14-5-4-7-17(30)2/h9-12,15,17,19H,3-8,13-14,16H2,1-2H3. The lowest BCUT2D eigenvalue weighted by molar-refractivity contribution is -0.149. The Balaban J connectivity index is 1.66. The third-order valence-electron chi connectivity index (χ3n) is 6.51. The molecule has 4 rings (SSSR count). The Hall–Kier alpha value is -3.03. The molecule has 2 aliphatic rings. The zero-order chi connectivity index (χ0) is 23.4. The Kier molecular flexibility index (Phi) is 7.20. The van der Waals surface area contributed by atoms with Crippen LogP contribution in [0.4, 0.5) is 10.2 Å². The van der Waals surface area contributed by atoms with Crippen molar-refractivity contribution in [3.8, 4) is 11.4 Å². The van der Waals surface area contributed by atoms with Crippen LogP contribution in [0.25, 0.3) is 11.4 Å². The van der Waals surface area contributed by atoms with Crippen molar-refractivity contribution < 1.29 is 18.7 Å². The molecular weight excluding hydrogens is 423 g/mol. The molecule has 2 atom stereocenters. The summed E-state index contributed by atoms with van der Waals surface area (Å²) in [5.74, 6) is 0.0310. The molecule has 8 heteroatoms. The van der Waals surface area contributed by atoms with Gasteiger partial charge < -0.3 is 14.5 Å². The average molecular weight is 455 g/mol. The van der Waals surface area contributed by atoms with Crippen LogP contribution in [0.2, 0.25) is 0 Å². The lowest BCUT2D eigenvalue weighted by atomic mass is 9.97. The number of ether oxygens (including phenoxy) is 1. The minimum atomic E-state index is -0.323. The van der Waals surface area contributed by atoms with E-state index in [1.807, 2.05) is 0 Å². The van der Waals surface area contributed by atoms with E-state index in [-0.39, 0.29) is 29.7 Å². The minimum Gasteiger partial charge on any atom is -0.466 e. The molecular formula is C25H31FN4O3. The van der Waals surface area contributed by atoms with Gasteiger partial charge in [-0.3, -0.25) is 9.59 Å². The van der Waals surface area contributed by atoms with Crippen molar-refractivity contribution in [2.75, 3.05) is 31.1 Å². The van der Waals surface area contributed by atoms with Crippen LogP contribution >= 0.6 is 0 Å². The number of hydrogen-bond donors (Lipinski definition) is 0. The molecule has 2 unspecified atom stereocenters. The van der Waals surface area contributed by atoms with Gasteiger partial charge in [-0.2, -0.15) is 0 Å². The van der Waals surface area contributed by atoms with Crippen molar-refractivity contribution in [2.24, 2.45) is 5.92 Å². The van der Waals surface area contributed by atoms with Crippen LogP contribution in [0.5, 0.6) is 0 Å². The molecule has 7 nitrogen and oxygen atoms in total. The number of nitrogens with zero attached hydrogens (tertiary/aromatic N) is 4. The second-order valence-electron chi connectivity index (χ2n) is 8.82. The van der Waals surface area contributed by atoms with E-state index in [0.29, 0.717) is 42.5 Å². The second-order valence-corrected chi connectivity index (χ2v) is 8.82. The molecule has 1 aromatic heterocycles. The van der Waals surface area contributed by atoms with Crippen LogP contribution in [0.3, 0.4) is 0 Å². The molecule has 0 N–H and O–H groups in total. The van der Waals surface area contributed by atoms with Gasteiger partial charge in [0.15, 0.2) is 5.82 Å². The first kappa shape index (κ1) is 23.1. The SMILES string of the molecule is CCOC(=O)C1CCCN(C(=O)c2cnc(-c3ccc(F)cc3)nc2N2CCCCC2C)C1. The first-order chi connectivity index (χ1) is 16.0. The van der Waals surface area contributed by atoms with Gasteiger partial charge in [0.1, 0.15) is 17.2 Å². The van der Waals surface area contributed by atoms with Gasteiger partial charge >= 0.3 is 5.97 Å². The topological polar surface area (TPSA) is 75.6 Å². The highest BCUT2D eigenvalue weighted by atomic mass is 19.1. The largest absolute Gasteiger partial charge is 0.466 e. The maximum absolute atomic E-state index is 13.6. The van der Waals surface area contributed by atoms with Crippen LogP contribution in [-0.2, 0) is 9.53 Å². The van der Waals surface area contributed by atoms with Gasteiger partial charge in [-0.05, 0) is 70.2 Å². The highest BCUT2D eigenvalue weighted by Gasteiger charge is 2.33. The number of rotatable bonds is 5. The minimum absolute atomic E-state index is 0.164. The Morgan fingerprint density at radius 2 is 1.91 bits per heavy atom. The highest BCUT2D eigenvalue weighted by molar-refractivity contribution is 5.99. The third-order valence-corrected chi connectivity index (χ3v) is 6.51. The van der Waals surface area contributed by atoms with Crippen LogP contribution in [-0.4, -0.2) is 59.0 Å². The summed E-state index contributed by atoms with van der Waals surface area (Å²) < 4.78 is 18.6. The molecule has 1 amide bonds. The fourth-order valence-corrected chi connectivity index (χ4v) is 4.68. The van der Waals surface area contributed by atoms with Gasteiger partial charge in [0, 0.05) is 37.4 Å². The average Bonchev–Trinajstić information content (AvgIpc) is 2.84. The van der Waals surface area contributed by atoms with Gasteiger partial charge in [-0.15, -0.1) is 0 Å². The Morgan fingerprint density at radius 1 is 1.12 bits per heavy atom. The Labute approximate surface area is 194 Å². The molecule has 0 radical (unpaired) electrons. The molecule has 0 saturated carbocycles. The van der Waals surface area contributed by atoms with E-state index < -0.39 is 0 Å². The van der Waals surface area contributed by atoms with Crippen molar-refractivity contribution in [3.63, 3.8) is 0 Å². The molecule has 176 valence electrons. The van der Waals surface area contributed by atoms with Crippen molar-refractivity contribution >= 4 is 17.7 Å². The number of carbonyl (C=O) groups excluding carboxylic acids is 2. The number of benzene rings is 1. The summed E-state index contributed by atoms with van der Waals surface area (Å²) in [7, 11) is 0. The molecule has 2 fully saturated rings. The van der Waals surface area contributed by atoms with Crippen molar-refractivity contribution in [3.05, 3.63) is 41.8 Å². The number of halogens is 1. The molecule has 3 heterocycles. The summed E-state index contributed by atoms with van der Waals surface area (Å²) in [5, 5.41) is 0. The maximum Gasteiger partial charge on any atom is 0.310 e. The van der Waals surface area contributed by atoms with Gasteiger partial charge in [0.05, 0.1) is 12.5 Å². The highest BCUT2D eigenvalue weighted by Crippen LogP contribution is 2.30. The summed E-state index contributed by atoms with van der Waals surface area (Å²) in [4.78, 5) is 39.0. The fourth-order valence-electron chi connectivity index (χ4n) is 4.68. The molecule has 0 aliphatic carbocycles. The number of likely N-dealkylation sites (tertiary alicyclic amines) is 1. The van der Waals surface area contributed by atoms with Crippen LogP contribution in [0.15, 0.2) is 30.5 Å². The summed E-state index contributed by atoms with van der Waals surface area (Å²) in [5.41, 5.74) is 1.14. The van der Waals surface area contributed by atoms with Gasteiger partial charge in [-0.1, -0.05) is 0 Å². The summed E-state index contributed by atoms with van der Waals surface area (Å²) in [6.07, 6.45) is 6.25. The van der Waals surface area contributed by atoms with E-state index in [9.17, 15) is 14.0 Å². The zero-order valence-electron chi connectivity index (χ0n) is 19.3. The van der Waals surface area contributed by atoms with Crippen molar-refractivity contribution in [1.82, 2.24) is 14.9 Å². The Bertz CT molecular complexity index is 998. The maximum atomic E-state index is 13.6. The lowest BCUT2D eigenvalue weighted by Crippen LogP contribution is -2.44. The predicted octanol–water partition coefficient (Wildman–Crippen LogP) is 4.08. The molecule has 0 spiro atoms. The van der Waals surface area contributed by atoms with Gasteiger partial charge in [0.25, 0.3) is 5.91 Å². The second kappa shape index (κ2) is 10.3. The first-order valence-electron chi connectivity index (χ1n) is 11.8. The predicted molar refractivity (Wildman–Crippen MR) is 123 cm³/mol. The monoisotopic (exact) mass is 454 g/mol. The molecule has 0 bridgehead atoms. The van der Waals surface area contributed by atoms with Crippen molar-refractivity contribution in [1.29, 1.82) is 0 Å². The van der Waals surface area contributed by atoms with Gasteiger partial charge in [0.2, 0.25) is 0 Å². The molecule has 2 aliphatic heterocycles. The molecule has 2 aromatic rings. The Morgan fingerprint density at radius 3 is 2.64 bits per heavy atom. The summed E-state index contributed by atoms with van der Waals surface area (Å²) in [6, 6.07) is 6.29. The van der Waals surface area contributed by atoms with E-state index >= 15 is 0 Å². The fraction of sp³-hybridized carbons (Fsp3) is 0.520. The van der Waals surface area contributed by atoms with E-state index in [1.54, 1.807) is 30.2 Å².